The Morgan fingerprint density at radius 1 is 1.25 bits per heavy atom. The molecule has 0 fully saturated rings. The molecule has 0 aromatic carbocycles. The Kier molecular flexibility index (Phi) is 4.09. The molecule has 0 saturated heterocycles. The highest BCUT2D eigenvalue weighted by molar-refractivity contribution is 9.10. The molecule has 102 valence electrons. The molecule has 7 heteroatoms. The minimum absolute atomic E-state index is 0.0270. The van der Waals surface area contributed by atoms with Crippen molar-refractivity contribution >= 4 is 33.6 Å². The van der Waals surface area contributed by atoms with E-state index in [0.29, 0.717) is 5.82 Å². The minimum Gasteiger partial charge on any atom is -0.478 e. The molecule has 2 rings (SSSR count). The number of rotatable bonds is 3. The van der Waals surface area contributed by atoms with Crippen LogP contribution in [0.2, 0.25) is 0 Å². The lowest BCUT2D eigenvalue weighted by molar-refractivity contribution is 0.0696. The van der Waals surface area contributed by atoms with Gasteiger partial charge in [-0.2, -0.15) is 0 Å². The highest BCUT2D eigenvalue weighted by atomic mass is 79.9. The summed E-state index contributed by atoms with van der Waals surface area (Å²) in [5.41, 5.74) is 1.08. The molecule has 0 aliphatic heterocycles. The molecule has 0 bridgehead atoms. The molecule has 0 saturated carbocycles. The number of carboxylic acid groups (broad SMARTS) is 1. The number of carbonyl (C=O) groups excluding carboxylic acids is 1. The van der Waals surface area contributed by atoms with E-state index in [1.165, 1.54) is 12.1 Å². The Hall–Kier alpha value is -2.28. The predicted molar refractivity (Wildman–Crippen MR) is 75.8 cm³/mol. The fourth-order valence-electron chi connectivity index (χ4n) is 1.44. The van der Waals surface area contributed by atoms with E-state index in [1.807, 2.05) is 6.92 Å². The monoisotopic (exact) mass is 335 g/mol. The van der Waals surface area contributed by atoms with Crippen molar-refractivity contribution in [3.63, 3.8) is 0 Å². The summed E-state index contributed by atoms with van der Waals surface area (Å²) >= 11 is 3.32. The van der Waals surface area contributed by atoms with E-state index in [1.54, 1.807) is 12.3 Å². The molecule has 0 unspecified atom stereocenters. The second-order valence-electron chi connectivity index (χ2n) is 4.01. The van der Waals surface area contributed by atoms with E-state index in [9.17, 15) is 9.59 Å². The molecule has 2 heterocycles. The second kappa shape index (κ2) is 5.79. The van der Waals surface area contributed by atoms with Gasteiger partial charge in [0.05, 0.1) is 5.56 Å². The number of anilines is 1. The van der Waals surface area contributed by atoms with Crippen molar-refractivity contribution in [1.82, 2.24) is 9.97 Å². The Labute approximate surface area is 123 Å². The molecule has 0 radical (unpaired) electrons. The van der Waals surface area contributed by atoms with Gasteiger partial charge in [-0.1, -0.05) is 0 Å². The van der Waals surface area contributed by atoms with E-state index in [2.05, 4.69) is 31.2 Å². The van der Waals surface area contributed by atoms with E-state index in [4.69, 9.17) is 5.11 Å². The number of nitrogens with zero attached hydrogens (tertiary/aromatic N) is 2. The number of aromatic carboxylic acids is 1. The van der Waals surface area contributed by atoms with Gasteiger partial charge < -0.3 is 10.4 Å². The first-order valence-corrected chi connectivity index (χ1v) is 6.39. The lowest BCUT2D eigenvalue weighted by Crippen LogP contribution is -2.15. The summed E-state index contributed by atoms with van der Waals surface area (Å²) < 4.78 is 0.847. The van der Waals surface area contributed by atoms with Crippen LogP contribution in [0.15, 0.2) is 35.1 Å². The maximum absolute atomic E-state index is 11.9. The first-order chi connectivity index (χ1) is 9.47. The SMILES string of the molecule is Cc1cc(NC(=O)c2ccc(C(=O)O)cn2)ncc1Br. The first kappa shape index (κ1) is 14.1. The van der Waals surface area contributed by atoms with Crippen molar-refractivity contribution in [1.29, 1.82) is 0 Å². The number of hydrogen-bond acceptors (Lipinski definition) is 4. The summed E-state index contributed by atoms with van der Waals surface area (Å²) in [4.78, 5) is 30.5. The highest BCUT2D eigenvalue weighted by Crippen LogP contribution is 2.17. The van der Waals surface area contributed by atoms with Crippen LogP contribution in [0.1, 0.15) is 26.4 Å². The number of halogens is 1. The van der Waals surface area contributed by atoms with Crippen LogP contribution in [-0.2, 0) is 0 Å². The minimum atomic E-state index is -1.09. The number of aromatic nitrogens is 2. The topological polar surface area (TPSA) is 92.2 Å². The van der Waals surface area contributed by atoms with Crippen molar-refractivity contribution in [2.75, 3.05) is 5.32 Å². The lowest BCUT2D eigenvalue weighted by Gasteiger charge is -2.05. The molecule has 0 aliphatic rings. The molecular formula is C13H10BrN3O3. The van der Waals surface area contributed by atoms with Crippen molar-refractivity contribution in [2.45, 2.75) is 6.92 Å². The fourth-order valence-corrected chi connectivity index (χ4v) is 1.66. The predicted octanol–water partition coefficient (Wildman–Crippen LogP) is 2.50. The van der Waals surface area contributed by atoms with Gasteiger partial charge in [0.2, 0.25) is 0 Å². The average Bonchev–Trinajstić information content (AvgIpc) is 2.43. The smallest absolute Gasteiger partial charge is 0.337 e. The van der Waals surface area contributed by atoms with Crippen molar-refractivity contribution in [3.8, 4) is 0 Å². The molecule has 1 amide bonds. The van der Waals surface area contributed by atoms with Gasteiger partial charge in [0, 0.05) is 16.9 Å². The summed E-state index contributed by atoms with van der Waals surface area (Å²) in [5, 5.41) is 11.3. The van der Waals surface area contributed by atoms with Gasteiger partial charge in [-0.15, -0.1) is 0 Å². The number of amides is 1. The molecule has 2 aromatic rings. The van der Waals surface area contributed by atoms with Crippen LogP contribution in [0.5, 0.6) is 0 Å². The number of pyridine rings is 2. The van der Waals surface area contributed by atoms with E-state index < -0.39 is 11.9 Å². The second-order valence-corrected chi connectivity index (χ2v) is 4.86. The van der Waals surface area contributed by atoms with Crippen LogP contribution < -0.4 is 5.32 Å². The summed E-state index contributed by atoms with van der Waals surface area (Å²) in [6.45, 7) is 1.88. The highest BCUT2D eigenvalue weighted by Gasteiger charge is 2.10. The lowest BCUT2D eigenvalue weighted by atomic mass is 10.2. The number of aryl methyl sites for hydroxylation is 1. The first-order valence-electron chi connectivity index (χ1n) is 5.60. The third-order valence-electron chi connectivity index (χ3n) is 2.53. The number of carboxylic acids is 1. The molecule has 0 atom stereocenters. The Bertz CT molecular complexity index is 671. The van der Waals surface area contributed by atoms with Crippen LogP contribution in [0.25, 0.3) is 0 Å². The summed E-state index contributed by atoms with van der Waals surface area (Å²) in [6, 6.07) is 4.39. The van der Waals surface area contributed by atoms with Crippen LogP contribution in [0.4, 0.5) is 5.82 Å². The van der Waals surface area contributed by atoms with Crippen molar-refractivity contribution in [2.24, 2.45) is 0 Å². The zero-order valence-corrected chi connectivity index (χ0v) is 12.0. The van der Waals surface area contributed by atoms with Crippen LogP contribution >= 0.6 is 15.9 Å². The maximum atomic E-state index is 11.9. The van der Waals surface area contributed by atoms with Crippen molar-refractivity contribution < 1.29 is 14.7 Å². The van der Waals surface area contributed by atoms with Crippen LogP contribution in [0, 0.1) is 6.92 Å². The third-order valence-corrected chi connectivity index (χ3v) is 3.36. The largest absolute Gasteiger partial charge is 0.478 e. The normalized spacial score (nSPS) is 10.1. The summed E-state index contributed by atoms with van der Waals surface area (Å²) in [5.74, 6) is -1.13. The number of nitrogens with one attached hydrogen (secondary N) is 1. The third kappa shape index (κ3) is 3.18. The molecule has 0 spiro atoms. The fraction of sp³-hybridized carbons (Fsp3) is 0.0769. The van der Waals surface area contributed by atoms with Gasteiger partial charge in [0.15, 0.2) is 0 Å². The van der Waals surface area contributed by atoms with Gasteiger partial charge in [-0.05, 0) is 46.6 Å². The quantitative estimate of drug-likeness (QED) is 0.898. The molecule has 20 heavy (non-hydrogen) atoms. The van der Waals surface area contributed by atoms with Gasteiger partial charge in [-0.25, -0.2) is 9.78 Å². The van der Waals surface area contributed by atoms with Gasteiger partial charge >= 0.3 is 5.97 Å². The zero-order valence-electron chi connectivity index (χ0n) is 10.4. The van der Waals surface area contributed by atoms with Gasteiger partial charge in [0.25, 0.3) is 5.91 Å². The molecule has 6 nitrogen and oxygen atoms in total. The van der Waals surface area contributed by atoms with Gasteiger partial charge in [-0.3, -0.25) is 9.78 Å². The van der Waals surface area contributed by atoms with Gasteiger partial charge in [0.1, 0.15) is 11.5 Å². The van der Waals surface area contributed by atoms with E-state index in [0.717, 1.165) is 16.2 Å². The van der Waals surface area contributed by atoms with Crippen LogP contribution in [-0.4, -0.2) is 27.0 Å². The average molecular weight is 336 g/mol. The molecular weight excluding hydrogens is 326 g/mol. The van der Waals surface area contributed by atoms with Crippen molar-refractivity contribution in [3.05, 3.63) is 51.9 Å². The molecule has 0 aliphatic carbocycles. The Balaban J connectivity index is 2.15. The summed E-state index contributed by atoms with van der Waals surface area (Å²) in [6.07, 6.45) is 2.73. The van der Waals surface area contributed by atoms with E-state index >= 15 is 0 Å². The molecule has 2 aromatic heterocycles. The maximum Gasteiger partial charge on any atom is 0.337 e. The zero-order chi connectivity index (χ0) is 14.7. The standard InChI is InChI=1S/C13H10BrN3O3/c1-7-4-11(16-6-9(7)14)17-12(18)10-3-2-8(5-15-10)13(19)20/h2-6H,1H3,(H,19,20)(H,16,17,18). The molecule has 2 N–H and O–H groups in total. The van der Waals surface area contributed by atoms with Crippen LogP contribution in [0.3, 0.4) is 0 Å². The Morgan fingerprint density at radius 3 is 2.55 bits per heavy atom. The summed E-state index contributed by atoms with van der Waals surface area (Å²) in [7, 11) is 0. The number of carbonyl (C=O) groups is 2. The van der Waals surface area contributed by atoms with E-state index in [-0.39, 0.29) is 11.3 Å². The Morgan fingerprint density at radius 2 is 2.00 bits per heavy atom. The number of hydrogen-bond donors (Lipinski definition) is 2.